The van der Waals surface area contributed by atoms with Crippen molar-refractivity contribution < 1.29 is 14.3 Å². The molecule has 0 aliphatic heterocycles. The highest BCUT2D eigenvalue weighted by atomic mass is 79.9. The molecule has 0 fully saturated rings. The number of hydrogen-bond acceptors (Lipinski definition) is 1. The van der Waals surface area contributed by atoms with Crippen LogP contribution in [0.1, 0.15) is 25.8 Å². The van der Waals surface area contributed by atoms with Gasteiger partial charge in [0, 0.05) is 13.1 Å². The minimum atomic E-state index is -0.973. The molecule has 1 amide bonds. The number of carbonyl (C=O) groups is 1. The Morgan fingerprint density at radius 2 is 2.17 bits per heavy atom. The second-order valence-electron chi connectivity index (χ2n) is 4.64. The third-order valence-corrected chi connectivity index (χ3v) is 3.25. The van der Waals surface area contributed by atoms with Crippen LogP contribution >= 0.6 is 15.9 Å². The molecule has 0 bridgehead atoms. The van der Waals surface area contributed by atoms with Crippen LogP contribution < -0.4 is 0 Å². The summed E-state index contributed by atoms with van der Waals surface area (Å²) in [6.45, 7) is 4.76. The van der Waals surface area contributed by atoms with Crippen molar-refractivity contribution in [2.45, 2.75) is 26.8 Å². The van der Waals surface area contributed by atoms with Crippen LogP contribution in [0.5, 0.6) is 0 Å². The molecular formula is C13H17BrFNO2. The van der Waals surface area contributed by atoms with E-state index in [4.69, 9.17) is 5.11 Å². The SMILES string of the molecule is CC(C)CCN(Cc1ccc(Br)c(F)c1)C(=O)O. The predicted octanol–water partition coefficient (Wildman–Crippen LogP) is 4.11. The standard InChI is InChI=1S/C13H17BrFNO2/c1-9(2)5-6-16(13(17)18)8-10-3-4-11(14)12(15)7-10/h3-4,7,9H,5-6,8H2,1-2H3,(H,17,18). The van der Waals surface area contributed by atoms with Gasteiger partial charge in [0.15, 0.2) is 0 Å². The highest BCUT2D eigenvalue weighted by Gasteiger charge is 2.13. The smallest absolute Gasteiger partial charge is 0.407 e. The summed E-state index contributed by atoms with van der Waals surface area (Å²) >= 11 is 3.07. The fraction of sp³-hybridized carbons (Fsp3) is 0.462. The van der Waals surface area contributed by atoms with Crippen molar-refractivity contribution in [3.63, 3.8) is 0 Å². The number of benzene rings is 1. The fourth-order valence-corrected chi connectivity index (χ4v) is 1.76. The monoisotopic (exact) mass is 317 g/mol. The maximum atomic E-state index is 13.3. The zero-order valence-electron chi connectivity index (χ0n) is 10.5. The molecule has 1 aromatic rings. The summed E-state index contributed by atoms with van der Waals surface area (Å²) < 4.78 is 13.7. The lowest BCUT2D eigenvalue weighted by atomic mass is 10.1. The van der Waals surface area contributed by atoms with Gasteiger partial charge in [0.05, 0.1) is 4.47 Å². The lowest BCUT2D eigenvalue weighted by molar-refractivity contribution is 0.139. The Bertz CT molecular complexity index is 423. The van der Waals surface area contributed by atoms with Crippen LogP contribution in [0.4, 0.5) is 9.18 Å². The van der Waals surface area contributed by atoms with Crippen LogP contribution in [0, 0.1) is 11.7 Å². The largest absolute Gasteiger partial charge is 0.465 e. The molecule has 100 valence electrons. The zero-order valence-corrected chi connectivity index (χ0v) is 12.1. The molecule has 0 aliphatic carbocycles. The molecule has 0 saturated heterocycles. The van der Waals surface area contributed by atoms with E-state index in [-0.39, 0.29) is 12.4 Å². The minimum absolute atomic E-state index is 0.215. The molecule has 0 heterocycles. The topological polar surface area (TPSA) is 40.5 Å². The fourth-order valence-electron chi connectivity index (χ4n) is 1.51. The average molecular weight is 318 g/mol. The van der Waals surface area contributed by atoms with E-state index in [0.29, 0.717) is 22.5 Å². The van der Waals surface area contributed by atoms with Crippen molar-refractivity contribution >= 4 is 22.0 Å². The van der Waals surface area contributed by atoms with Gasteiger partial charge in [0.25, 0.3) is 0 Å². The Labute approximate surface area is 115 Å². The molecule has 5 heteroatoms. The number of nitrogens with zero attached hydrogens (tertiary/aromatic N) is 1. The van der Waals surface area contributed by atoms with Gasteiger partial charge >= 0.3 is 6.09 Å². The molecule has 0 saturated carbocycles. The third kappa shape index (κ3) is 4.64. The van der Waals surface area contributed by atoms with Gasteiger partial charge < -0.3 is 10.0 Å². The van der Waals surface area contributed by atoms with E-state index in [0.717, 1.165) is 6.42 Å². The molecular weight excluding hydrogens is 301 g/mol. The number of halogens is 2. The highest BCUT2D eigenvalue weighted by Crippen LogP contribution is 2.18. The van der Waals surface area contributed by atoms with Crippen molar-refractivity contribution in [1.82, 2.24) is 4.90 Å². The predicted molar refractivity (Wildman–Crippen MR) is 72.0 cm³/mol. The van der Waals surface area contributed by atoms with E-state index in [1.807, 2.05) is 13.8 Å². The van der Waals surface area contributed by atoms with Gasteiger partial charge in [-0.3, -0.25) is 0 Å². The number of rotatable bonds is 5. The second kappa shape index (κ2) is 6.73. The Morgan fingerprint density at radius 1 is 1.50 bits per heavy atom. The van der Waals surface area contributed by atoms with Gasteiger partial charge in [0.1, 0.15) is 5.82 Å². The molecule has 1 aromatic carbocycles. The summed E-state index contributed by atoms with van der Waals surface area (Å²) in [5, 5.41) is 9.09. The number of amides is 1. The highest BCUT2D eigenvalue weighted by molar-refractivity contribution is 9.10. The van der Waals surface area contributed by atoms with E-state index < -0.39 is 6.09 Å². The van der Waals surface area contributed by atoms with Crippen molar-refractivity contribution in [2.24, 2.45) is 5.92 Å². The van der Waals surface area contributed by atoms with Crippen molar-refractivity contribution in [3.8, 4) is 0 Å². The first kappa shape index (κ1) is 15.0. The van der Waals surface area contributed by atoms with Gasteiger partial charge in [-0.2, -0.15) is 0 Å². The summed E-state index contributed by atoms with van der Waals surface area (Å²) in [6.07, 6.45) is -0.176. The van der Waals surface area contributed by atoms with Crippen LogP contribution in [-0.4, -0.2) is 22.6 Å². The molecule has 18 heavy (non-hydrogen) atoms. The molecule has 0 aliphatic rings. The van der Waals surface area contributed by atoms with Crippen LogP contribution in [0.2, 0.25) is 0 Å². The first-order valence-electron chi connectivity index (χ1n) is 5.82. The minimum Gasteiger partial charge on any atom is -0.465 e. The van der Waals surface area contributed by atoms with Crippen molar-refractivity contribution in [2.75, 3.05) is 6.54 Å². The molecule has 0 spiro atoms. The second-order valence-corrected chi connectivity index (χ2v) is 5.49. The molecule has 0 unspecified atom stereocenters. The van der Waals surface area contributed by atoms with Crippen LogP contribution in [-0.2, 0) is 6.54 Å². The van der Waals surface area contributed by atoms with Crippen LogP contribution in [0.25, 0.3) is 0 Å². The summed E-state index contributed by atoms with van der Waals surface area (Å²) in [7, 11) is 0. The number of hydrogen-bond donors (Lipinski definition) is 1. The third-order valence-electron chi connectivity index (χ3n) is 2.60. The van der Waals surface area contributed by atoms with Gasteiger partial charge in [-0.1, -0.05) is 19.9 Å². The van der Waals surface area contributed by atoms with E-state index in [9.17, 15) is 9.18 Å². The average Bonchev–Trinajstić information content (AvgIpc) is 2.28. The summed E-state index contributed by atoms with van der Waals surface area (Å²) in [6, 6.07) is 4.67. The van der Waals surface area contributed by atoms with E-state index >= 15 is 0 Å². The normalized spacial score (nSPS) is 10.7. The van der Waals surface area contributed by atoms with E-state index in [1.54, 1.807) is 12.1 Å². The first-order valence-corrected chi connectivity index (χ1v) is 6.61. The molecule has 3 nitrogen and oxygen atoms in total. The van der Waals surface area contributed by atoms with Crippen molar-refractivity contribution in [1.29, 1.82) is 0 Å². The van der Waals surface area contributed by atoms with Crippen LogP contribution in [0.15, 0.2) is 22.7 Å². The number of carboxylic acid groups (broad SMARTS) is 1. The summed E-state index contributed by atoms with van der Waals surface area (Å²) in [5.74, 6) is 0.0650. The molecule has 0 atom stereocenters. The van der Waals surface area contributed by atoms with E-state index in [1.165, 1.54) is 11.0 Å². The summed E-state index contributed by atoms with van der Waals surface area (Å²) in [4.78, 5) is 12.4. The van der Waals surface area contributed by atoms with Crippen molar-refractivity contribution in [3.05, 3.63) is 34.1 Å². The molecule has 0 aromatic heterocycles. The van der Waals surface area contributed by atoms with Gasteiger partial charge in [-0.05, 0) is 46.0 Å². The maximum Gasteiger partial charge on any atom is 0.407 e. The lowest BCUT2D eigenvalue weighted by Crippen LogP contribution is -2.30. The Balaban J connectivity index is 2.70. The van der Waals surface area contributed by atoms with Gasteiger partial charge in [-0.25, -0.2) is 9.18 Å². The quantitative estimate of drug-likeness (QED) is 0.887. The molecule has 0 radical (unpaired) electrons. The zero-order chi connectivity index (χ0) is 13.7. The van der Waals surface area contributed by atoms with Gasteiger partial charge in [-0.15, -0.1) is 0 Å². The van der Waals surface area contributed by atoms with Crippen LogP contribution in [0.3, 0.4) is 0 Å². The lowest BCUT2D eigenvalue weighted by Gasteiger charge is -2.20. The Kier molecular flexibility index (Phi) is 5.59. The first-order chi connectivity index (χ1) is 8.40. The molecule has 1 N–H and O–H groups in total. The van der Waals surface area contributed by atoms with E-state index in [2.05, 4.69) is 15.9 Å². The molecule has 1 rings (SSSR count). The Hall–Kier alpha value is -1.10. The maximum absolute atomic E-state index is 13.3. The Morgan fingerprint density at radius 3 is 2.67 bits per heavy atom. The summed E-state index contributed by atoms with van der Waals surface area (Å²) in [5.41, 5.74) is 0.654. The van der Waals surface area contributed by atoms with Gasteiger partial charge in [0.2, 0.25) is 0 Å².